The van der Waals surface area contributed by atoms with Crippen molar-refractivity contribution in [3.05, 3.63) is 11.3 Å². The molecular formula is C13H25N3O2S. The molecule has 1 aromatic rings. The summed E-state index contributed by atoms with van der Waals surface area (Å²) in [5, 5.41) is 18.4. The highest BCUT2D eigenvalue weighted by Crippen LogP contribution is 2.29. The fraction of sp³-hybridized carbons (Fsp3) is 0.769. The van der Waals surface area contributed by atoms with E-state index in [-0.39, 0.29) is 6.61 Å². The Hall–Kier alpha value is -0.560. The SMILES string of the molecule is COCCNCc1c(C)nn(C)c1SC(C)CCO. The third kappa shape index (κ3) is 5.14. The highest BCUT2D eigenvalue weighted by molar-refractivity contribution is 7.99. The summed E-state index contributed by atoms with van der Waals surface area (Å²) >= 11 is 1.78. The fourth-order valence-corrected chi connectivity index (χ4v) is 3.01. The molecule has 0 fully saturated rings. The Balaban J connectivity index is 2.67. The van der Waals surface area contributed by atoms with Crippen LogP contribution in [0.25, 0.3) is 0 Å². The Morgan fingerprint density at radius 1 is 1.53 bits per heavy atom. The molecule has 1 atom stereocenters. The average Bonchev–Trinajstić information content (AvgIpc) is 2.61. The van der Waals surface area contributed by atoms with Gasteiger partial charge in [0.2, 0.25) is 0 Å². The van der Waals surface area contributed by atoms with Crippen molar-refractivity contribution in [1.82, 2.24) is 15.1 Å². The maximum Gasteiger partial charge on any atom is 0.0987 e. The minimum Gasteiger partial charge on any atom is -0.396 e. The lowest BCUT2D eigenvalue weighted by atomic mass is 10.2. The minimum absolute atomic E-state index is 0.229. The van der Waals surface area contributed by atoms with E-state index in [1.165, 1.54) is 10.6 Å². The quantitative estimate of drug-likeness (QED) is 0.530. The monoisotopic (exact) mass is 287 g/mol. The molecule has 0 saturated carbocycles. The van der Waals surface area contributed by atoms with Gasteiger partial charge in [-0.15, -0.1) is 11.8 Å². The second-order valence-corrected chi connectivity index (χ2v) is 6.03. The van der Waals surface area contributed by atoms with E-state index < -0.39 is 0 Å². The molecule has 0 aliphatic heterocycles. The molecule has 0 saturated heterocycles. The molecule has 1 unspecified atom stereocenters. The van der Waals surface area contributed by atoms with Crippen molar-refractivity contribution in [2.24, 2.45) is 7.05 Å². The predicted molar refractivity (Wildman–Crippen MR) is 78.5 cm³/mol. The number of ether oxygens (including phenoxy) is 1. The van der Waals surface area contributed by atoms with Gasteiger partial charge >= 0.3 is 0 Å². The molecule has 110 valence electrons. The Morgan fingerprint density at radius 3 is 2.89 bits per heavy atom. The van der Waals surface area contributed by atoms with Crippen LogP contribution in [0.4, 0.5) is 0 Å². The summed E-state index contributed by atoms with van der Waals surface area (Å²) in [5.74, 6) is 0. The van der Waals surface area contributed by atoms with Gasteiger partial charge < -0.3 is 15.2 Å². The number of aliphatic hydroxyl groups excluding tert-OH is 1. The summed E-state index contributed by atoms with van der Waals surface area (Å²) in [7, 11) is 3.68. The van der Waals surface area contributed by atoms with Crippen LogP contribution in [0.5, 0.6) is 0 Å². The number of aryl methyl sites for hydroxylation is 2. The van der Waals surface area contributed by atoms with Crippen LogP contribution in [-0.4, -0.2) is 47.0 Å². The fourth-order valence-electron chi connectivity index (χ4n) is 1.85. The molecule has 6 heteroatoms. The summed E-state index contributed by atoms with van der Waals surface area (Å²) in [6.45, 7) is 6.74. The van der Waals surface area contributed by atoms with Crippen molar-refractivity contribution in [1.29, 1.82) is 0 Å². The van der Waals surface area contributed by atoms with Crippen molar-refractivity contribution in [3.8, 4) is 0 Å². The molecule has 0 aliphatic rings. The highest BCUT2D eigenvalue weighted by Gasteiger charge is 2.16. The Kier molecular flexibility index (Phi) is 7.45. The Bertz CT molecular complexity index is 382. The number of thioether (sulfide) groups is 1. The number of hydrogen-bond donors (Lipinski definition) is 2. The van der Waals surface area contributed by atoms with Crippen LogP contribution in [0.1, 0.15) is 24.6 Å². The van der Waals surface area contributed by atoms with Gasteiger partial charge in [0, 0.05) is 44.7 Å². The van der Waals surface area contributed by atoms with Crippen LogP contribution in [0.15, 0.2) is 5.03 Å². The molecule has 19 heavy (non-hydrogen) atoms. The Labute approximate surface area is 119 Å². The van der Waals surface area contributed by atoms with E-state index in [2.05, 4.69) is 17.3 Å². The summed E-state index contributed by atoms with van der Waals surface area (Å²) < 4.78 is 6.96. The van der Waals surface area contributed by atoms with Gasteiger partial charge in [0.1, 0.15) is 0 Å². The van der Waals surface area contributed by atoms with Crippen molar-refractivity contribution in [2.45, 2.75) is 37.1 Å². The van der Waals surface area contributed by atoms with E-state index in [0.29, 0.717) is 11.9 Å². The molecule has 0 amide bonds. The van der Waals surface area contributed by atoms with Crippen LogP contribution in [-0.2, 0) is 18.3 Å². The molecule has 5 nitrogen and oxygen atoms in total. The van der Waals surface area contributed by atoms with Gasteiger partial charge in [0.15, 0.2) is 0 Å². The van der Waals surface area contributed by atoms with E-state index in [1.807, 2.05) is 18.7 Å². The van der Waals surface area contributed by atoms with Crippen LogP contribution < -0.4 is 5.32 Å². The lowest BCUT2D eigenvalue weighted by molar-refractivity contribution is 0.199. The van der Waals surface area contributed by atoms with Gasteiger partial charge in [0.05, 0.1) is 17.3 Å². The van der Waals surface area contributed by atoms with E-state index >= 15 is 0 Å². The number of nitrogens with one attached hydrogen (secondary N) is 1. The van der Waals surface area contributed by atoms with Crippen LogP contribution in [0, 0.1) is 6.92 Å². The van der Waals surface area contributed by atoms with Crippen LogP contribution in [0.2, 0.25) is 0 Å². The first-order chi connectivity index (χ1) is 9.10. The number of hydrogen-bond acceptors (Lipinski definition) is 5. The van der Waals surface area contributed by atoms with Crippen molar-refractivity contribution in [3.63, 3.8) is 0 Å². The maximum atomic E-state index is 9.00. The molecule has 0 bridgehead atoms. The van der Waals surface area contributed by atoms with Gasteiger partial charge in [-0.1, -0.05) is 6.92 Å². The zero-order valence-corrected chi connectivity index (χ0v) is 13.1. The van der Waals surface area contributed by atoms with Gasteiger partial charge in [-0.2, -0.15) is 5.10 Å². The van der Waals surface area contributed by atoms with E-state index in [4.69, 9.17) is 9.84 Å². The number of rotatable bonds is 9. The first-order valence-corrected chi connectivity index (χ1v) is 7.47. The summed E-state index contributed by atoms with van der Waals surface area (Å²) in [5.41, 5.74) is 2.31. The second-order valence-electron chi connectivity index (χ2n) is 4.60. The minimum atomic E-state index is 0.229. The lowest BCUT2D eigenvalue weighted by Crippen LogP contribution is -2.19. The molecule has 2 N–H and O–H groups in total. The lowest BCUT2D eigenvalue weighted by Gasteiger charge is -2.12. The molecule has 0 spiro atoms. The zero-order chi connectivity index (χ0) is 14.3. The van der Waals surface area contributed by atoms with Gasteiger partial charge in [0.25, 0.3) is 0 Å². The van der Waals surface area contributed by atoms with E-state index in [9.17, 15) is 0 Å². The molecule has 0 aromatic carbocycles. The number of methoxy groups -OCH3 is 1. The third-order valence-electron chi connectivity index (χ3n) is 2.92. The first-order valence-electron chi connectivity index (χ1n) is 6.59. The summed E-state index contributed by atoms with van der Waals surface area (Å²) in [6, 6.07) is 0. The summed E-state index contributed by atoms with van der Waals surface area (Å²) in [4.78, 5) is 0. The maximum absolute atomic E-state index is 9.00. The van der Waals surface area contributed by atoms with Crippen LogP contribution in [0.3, 0.4) is 0 Å². The normalized spacial score (nSPS) is 12.9. The molecule has 0 aliphatic carbocycles. The van der Waals surface area contributed by atoms with E-state index in [1.54, 1.807) is 18.9 Å². The number of aromatic nitrogens is 2. The highest BCUT2D eigenvalue weighted by atomic mass is 32.2. The largest absolute Gasteiger partial charge is 0.396 e. The number of nitrogens with zero attached hydrogens (tertiary/aromatic N) is 2. The van der Waals surface area contributed by atoms with Crippen LogP contribution >= 0.6 is 11.8 Å². The van der Waals surface area contributed by atoms with Crippen molar-refractivity contribution in [2.75, 3.05) is 26.9 Å². The van der Waals surface area contributed by atoms with Gasteiger partial charge in [-0.25, -0.2) is 0 Å². The Morgan fingerprint density at radius 2 is 2.26 bits per heavy atom. The first kappa shape index (κ1) is 16.5. The van der Waals surface area contributed by atoms with E-state index in [0.717, 1.165) is 25.2 Å². The zero-order valence-electron chi connectivity index (χ0n) is 12.3. The summed E-state index contributed by atoms with van der Waals surface area (Å²) in [6.07, 6.45) is 0.797. The number of aliphatic hydroxyl groups is 1. The molecule has 1 aromatic heterocycles. The topological polar surface area (TPSA) is 59.3 Å². The average molecular weight is 287 g/mol. The molecular weight excluding hydrogens is 262 g/mol. The smallest absolute Gasteiger partial charge is 0.0987 e. The standard InChI is InChI=1S/C13H25N3O2S/c1-10(5-7-17)19-13-12(9-14-6-8-18-4)11(2)15-16(13)3/h10,14,17H,5-9H2,1-4H3. The van der Waals surface area contributed by atoms with Crippen molar-refractivity contribution >= 4 is 11.8 Å². The molecule has 0 radical (unpaired) electrons. The third-order valence-corrected chi connectivity index (χ3v) is 4.29. The van der Waals surface area contributed by atoms with Crippen molar-refractivity contribution < 1.29 is 9.84 Å². The molecule has 1 heterocycles. The molecule has 1 rings (SSSR count). The predicted octanol–water partition coefficient (Wildman–Crippen LogP) is 1.33. The van der Waals surface area contributed by atoms with Gasteiger partial charge in [-0.3, -0.25) is 4.68 Å². The van der Waals surface area contributed by atoms with Gasteiger partial charge in [-0.05, 0) is 13.3 Å². The second kappa shape index (κ2) is 8.58.